The lowest BCUT2D eigenvalue weighted by Gasteiger charge is -2.10. The zero-order valence-electron chi connectivity index (χ0n) is 16.2. The van der Waals surface area contributed by atoms with Crippen LogP contribution < -0.4 is 10.6 Å². The minimum Gasteiger partial charge on any atom is -0.478 e. The van der Waals surface area contributed by atoms with E-state index in [0.29, 0.717) is 10.7 Å². The van der Waals surface area contributed by atoms with Gasteiger partial charge in [-0.1, -0.05) is 40.9 Å². The van der Waals surface area contributed by atoms with Gasteiger partial charge in [0.05, 0.1) is 32.6 Å². The van der Waals surface area contributed by atoms with Gasteiger partial charge in [0, 0.05) is 15.6 Å². The predicted octanol–water partition coefficient (Wildman–Crippen LogP) is 6.33. The van der Waals surface area contributed by atoms with Gasteiger partial charge in [-0.05, 0) is 54.6 Å². The van der Waals surface area contributed by atoms with Crippen LogP contribution in [0.3, 0.4) is 0 Å². The second kappa shape index (κ2) is 10.7. The molecule has 3 rings (SSSR count). The van der Waals surface area contributed by atoms with Gasteiger partial charge in [-0.3, -0.25) is 9.59 Å². The number of anilines is 2. The van der Waals surface area contributed by atoms with Gasteiger partial charge in [-0.25, -0.2) is 4.79 Å². The highest BCUT2D eigenvalue weighted by molar-refractivity contribution is 8.00. The first-order chi connectivity index (χ1) is 15.2. The van der Waals surface area contributed by atoms with E-state index in [1.165, 1.54) is 42.1 Å². The smallest absolute Gasteiger partial charge is 0.335 e. The Bertz CT molecular complexity index is 1200. The van der Waals surface area contributed by atoms with Crippen molar-refractivity contribution in [2.24, 2.45) is 0 Å². The minimum atomic E-state index is -1.12. The molecule has 0 fully saturated rings. The van der Waals surface area contributed by atoms with Crippen molar-refractivity contribution >= 4 is 75.7 Å². The van der Waals surface area contributed by atoms with Gasteiger partial charge < -0.3 is 15.7 Å². The van der Waals surface area contributed by atoms with Gasteiger partial charge in [0.25, 0.3) is 5.91 Å². The molecule has 0 aromatic heterocycles. The van der Waals surface area contributed by atoms with Crippen molar-refractivity contribution < 1.29 is 19.5 Å². The Morgan fingerprint density at radius 1 is 0.875 bits per heavy atom. The molecule has 0 atom stereocenters. The van der Waals surface area contributed by atoms with Crippen LogP contribution in [-0.2, 0) is 4.79 Å². The Morgan fingerprint density at radius 3 is 2.38 bits per heavy atom. The molecule has 6 nitrogen and oxygen atoms in total. The molecule has 0 heterocycles. The molecule has 0 radical (unpaired) electrons. The molecule has 0 aliphatic carbocycles. The fourth-order valence-electron chi connectivity index (χ4n) is 2.62. The second-order valence-corrected chi connectivity index (χ2v) is 8.74. The van der Waals surface area contributed by atoms with Crippen LogP contribution in [0, 0.1) is 0 Å². The minimum absolute atomic E-state index is 0.0154. The van der Waals surface area contributed by atoms with Crippen molar-refractivity contribution in [2.75, 3.05) is 16.4 Å². The third-order valence-corrected chi connectivity index (χ3v) is 6.00. The van der Waals surface area contributed by atoms with Crippen molar-refractivity contribution in [1.29, 1.82) is 0 Å². The number of rotatable bonds is 7. The molecule has 0 bridgehead atoms. The van der Waals surface area contributed by atoms with Crippen LogP contribution >= 0.6 is 46.6 Å². The summed E-state index contributed by atoms with van der Waals surface area (Å²) in [6.45, 7) is 0. The monoisotopic (exact) mass is 508 g/mol. The fraction of sp³-hybridized carbons (Fsp3) is 0.0455. The van der Waals surface area contributed by atoms with E-state index in [2.05, 4.69) is 10.6 Å². The highest BCUT2D eigenvalue weighted by atomic mass is 35.5. The van der Waals surface area contributed by atoms with Crippen LogP contribution in [0.15, 0.2) is 65.6 Å². The van der Waals surface area contributed by atoms with Crippen molar-refractivity contribution in [2.45, 2.75) is 4.90 Å². The molecule has 164 valence electrons. The predicted molar refractivity (Wildman–Crippen MR) is 129 cm³/mol. The molecule has 0 aliphatic rings. The summed E-state index contributed by atoms with van der Waals surface area (Å²) in [7, 11) is 0. The van der Waals surface area contributed by atoms with E-state index in [1.54, 1.807) is 30.3 Å². The number of hydrogen-bond acceptors (Lipinski definition) is 4. The first-order valence-corrected chi connectivity index (χ1v) is 11.2. The highest BCUT2D eigenvalue weighted by Crippen LogP contribution is 2.26. The average Bonchev–Trinajstić information content (AvgIpc) is 2.74. The third kappa shape index (κ3) is 6.40. The summed E-state index contributed by atoms with van der Waals surface area (Å²) in [5, 5.41) is 15.3. The van der Waals surface area contributed by atoms with Crippen molar-refractivity contribution in [3.05, 3.63) is 86.9 Å². The SMILES string of the molecule is O=C(CSc1cccc(NC(=O)c2ccc(Cl)cc2Cl)c1)Nc1cc(C(=O)O)ccc1Cl. The molecule has 0 saturated heterocycles. The van der Waals surface area contributed by atoms with E-state index in [4.69, 9.17) is 39.9 Å². The standard InChI is InChI=1S/C22H15Cl3N2O4S/c23-13-5-6-16(18(25)9-13)21(29)26-14-2-1-3-15(10-14)32-11-20(28)27-19-8-12(22(30)31)4-7-17(19)24/h1-10H,11H2,(H,26,29)(H,27,28)(H,30,31). The van der Waals surface area contributed by atoms with Crippen molar-refractivity contribution in [3.8, 4) is 0 Å². The van der Waals surface area contributed by atoms with Crippen molar-refractivity contribution in [3.63, 3.8) is 0 Å². The number of hydrogen-bond donors (Lipinski definition) is 3. The Morgan fingerprint density at radius 2 is 1.66 bits per heavy atom. The molecule has 0 spiro atoms. The first kappa shape index (κ1) is 23.9. The summed E-state index contributed by atoms with van der Waals surface area (Å²) in [5.41, 5.74) is 1.05. The molecule has 10 heteroatoms. The van der Waals surface area contributed by atoms with Gasteiger partial charge in [0.2, 0.25) is 5.91 Å². The Hall–Kier alpha value is -2.71. The Labute approximate surface area is 202 Å². The van der Waals surface area contributed by atoms with Crippen LogP contribution in [-0.4, -0.2) is 28.6 Å². The summed E-state index contributed by atoms with van der Waals surface area (Å²) in [4.78, 5) is 36.6. The van der Waals surface area contributed by atoms with Gasteiger partial charge >= 0.3 is 5.97 Å². The van der Waals surface area contributed by atoms with E-state index in [1.807, 2.05) is 0 Å². The third-order valence-electron chi connectivity index (χ3n) is 4.12. The number of amides is 2. The van der Waals surface area contributed by atoms with Crippen molar-refractivity contribution in [1.82, 2.24) is 0 Å². The quantitative estimate of drug-likeness (QED) is 0.324. The van der Waals surface area contributed by atoms with Crippen LogP contribution in [0.1, 0.15) is 20.7 Å². The van der Waals surface area contributed by atoms with Crippen LogP contribution in [0.4, 0.5) is 11.4 Å². The lowest BCUT2D eigenvalue weighted by atomic mass is 10.2. The maximum Gasteiger partial charge on any atom is 0.335 e. The maximum absolute atomic E-state index is 12.5. The number of carbonyl (C=O) groups is 3. The molecule has 0 saturated carbocycles. The molecule has 0 unspecified atom stereocenters. The lowest BCUT2D eigenvalue weighted by molar-refractivity contribution is -0.113. The average molecular weight is 510 g/mol. The molecule has 0 aliphatic heterocycles. The number of nitrogens with one attached hydrogen (secondary N) is 2. The van der Waals surface area contributed by atoms with E-state index in [9.17, 15) is 14.4 Å². The van der Waals surface area contributed by atoms with Crippen LogP contribution in [0.25, 0.3) is 0 Å². The summed E-state index contributed by atoms with van der Waals surface area (Å²) in [6, 6.07) is 15.6. The number of benzene rings is 3. The van der Waals surface area contributed by atoms with Crippen LogP contribution in [0.5, 0.6) is 0 Å². The summed E-state index contributed by atoms with van der Waals surface area (Å²) < 4.78 is 0. The lowest BCUT2D eigenvalue weighted by Crippen LogP contribution is -2.15. The van der Waals surface area contributed by atoms with E-state index >= 15 is 0 Å². The summed E-state index contributed by atoms with van der Waals surface area (Å²) >= 11 is 19.2. The molecular formula is C22H15Cl3N2O4S. The highest BCUT2D eigenvalue weighted by Gasteiger charge is 2.13. The Balaban J connectivity index is 1.61. The van der Waals surface area contributed by atoms with Gasteiger partial charge in [-0.15, -0.1) is 11.8 Å². The molecular weight excluding hydrogens is 495 g/mol. The van der Waals surface area contributed by atoms with E-state index in [-0.39, 0.29) is 44.4 Å². The molecule has 2 amide bonds. The van der Waals surface area contributed by atoms with Crippen LogP contribution in [0.2, 0.25) is 15.1 Å². The largest absolute Gasteiger partial charge is 0.478 e. The van der Waals surface area contributed by atoms with Gasteiger partial charge in [-0.2, -0.15) is 0 Å². The summed E-state index contributed by atoms with van der Waals surface area (Å²) in [6.07, 6.45) is 0. The van der Waals surface area contributed by atoms with E-state index in [0.717, 1.165) is 4.90 Å². The number of carbonyl (C=O) groups excluding carboxylic acids is 2. The normalized spacial score (nSPS) is 10.5. The van der Waals surface area contributed by atoms with Gasteiger partial charge in [0.15, 0.2) is 0 Å². The zero-order chi connectivity index (χ0) is 23.3. The maximum atomic E-state index is 12.5. The molecule has 3 aromatic rings. The summed E-state index contributed by atoms with van der Waals surface area (Å²) in [5.74, 6) is -1.82. The fourth-order valence-corrected chi connectivity index (χ4v) is 4.04. The van der Waals surface area contributed by atoms with Gasteiger partial charge in [0.1, 0.15) is 0 Å². The second-order valence-electron chi connectivity index (χ2n) is 6.44. The molecule has 3 aromatic carbocycles. The number of halogens is 3. The Kier molecular flexibility index (Phi) is 8.04. The number of carboxylic acid groups (broad SMARTS) is 1. The number of carboxylic acids is 1. The zero-order valence-corrected chi connectivity index (χ0v) is 19.3. The first-order valence-electron chi connectivity index (χ1n) is 9.05. The topological polar surface area (TPSA) is 95.5 Å². The molecule has 32 heavy (non-hydrogen) atoms. The number of aromatic carboxylic acids is 1. The molecule has 3 N–H and O–H groups in total. The van der Waals surface area contributed by atoms with E-state index < -0.39 is 5.97 Å². The number of thioether (sulfide) groups is 1.